The second kappa shape index (κ2) is 3.30. The van der Waals surface area contributed by atoms with Crippen molar-refractivity contribution in [1.29, 1.82) is 0 Å². The van der Waals surface area contributed by atoms with Crippen molar-refractivity contribution in [1.82, 2.24) is 0 Å². The highest BCUT2D eigenvalue weighted by Crippen LogP contribution is 2.29. The Morgan fingerprint density at radius 2 is 2.42 bits per heavy atom. The van der Waals surface area contributed by atoms with Crippen LogP contribution in [-0.4, -0.2) is 11.4 Å². The van der Waals surface area contributed by atoms with E-state index in [1.165, 1.54) is 5.57 Å². The van der Waals surface area contributed by atoms with E-state index in [0.717, 1.165) is 12.8 Å². The van der Waals surface area contributed by atoms with Crippen LogP contribution in [0, 0.1) is 0 Å². The Labute approximate surface area is 73.6 Å². The molecule has 0 aromatic carbocycles. The molecule has 2 heteroatoms. The van der Waals surface area contributed by atoms with Crippen molar-refractivity contribution in [2.45, 2.75) is 45.6 Å². The first kappa shape index (κ1) is 9.30. The summed E-state index contributed by atoms with van der Waals surface area (Å²) >= 11 is 0. The highest BCUT2D eigenvalue weighted by molar-refractivity contribution is 5.76. The molecule has 1 aliphatic heterocycles. The lowest BCUT2D eigenvalue weighted by Gasteiger charge is -2.32. The average Bonchev–Trinajstić information content (AvgIpc) is 1.94. The molecule has 1 unspecified atom stereocenters. The van der Waals surface area contributed by atoms with Crippen LogP contribution in [0.3, 0.4) is 0 Å². The monoisotopic (exact) mass is 168 g/mol. The molecule has 1 aliphatic rings. The summed E-state index contributed by atoms with van der Waals surface area (Å²) in [4.78, 5) is 10.9. The van der Waals surface area contributed by atoms with Crippen molar-refractivity contribution in [3.05, 3.63) is 11.8 Å². The lowest BCUT2D eigenvalue weighted by atomic mass is 9.90. The molecule has 0 spiro atoms. The van der Waals surface area contributed by atoms with Crippen LogP contribution in [0.1, 0.15) is 40.0 Å². The number of hydrogen-bond donors (Lipinski definition) is 0. The number of ketones is 1. The van der Waals surface area contributed by atoms with Crippen LogP contribution in [-0.2, 0) is 9.53 Å². The zero-order valence-electron chi connectivity index (χ0n) is 8.02. The van der Waals surface area contributed by atoms with E-state index < -0.39 is 0 Å². The molecule has 0 aromatic rings. The van der Waals surface area contributed by atoms with Gasteiger partial charge in [-0.3, -0.25) is 4.79 Å². The van der Waals surface area contributed by atoms with E-state index in [-0.39, 0.29) is 11.4 Å². The Hall–Kier alpha value is -0.790. The van der Waals surface area contributed by atoms with Crippen LogP contribution < -0.4 is 0 Å². The number of carbonyl (C=O) groups excluding carboxylic acids is 1. The maximum absolute atomic E-state index is 10.9. The molecule has 0 aliphatic carbocycles. The quantitative estimate of drug-likeness (QED) is 0.633. The van der Waals surface area contributed by atoms with Gasteiger partial charge < -0.3 is 4.74 Å². The van der Waals surface area contributed by atoms with Crippen molar-refractivity contribution in [3.63, 3.8) is 0 Å². The van der Waals surface area contributed by atoms with Gasteiger partial charge in [0.15, 0.2) is 0 Å². The molecule has 2 nitrogen and oxygen atoms in total. The van der Waals surface area contributed by atoms with Crippen molar-refractivity contribution < 1.29 is 9.53 Å². The normalized spacial score (nSPS) is 29.1. The van der Waals surface area contributed by atoms with E-state index in [0.29, 0.717) is 6.42 Å². The first-order valence-electron chi connectivity index (χ1n) is 4.35. The standard InChI is InChI=1S/C10H16O2/c1-8-4-5-10(3,12-7-8)6-9(2)11/h7H,4-6H2,1-3H3. The first-order valence-corrected chi connectivity index (χ1v) is 4.35. The van der Waals surface area contributed by atoms with E-state index in [2.05, 4.69) is 0 Å². The number of Topliss-reactive ketones (excluding diaryl/α,β-unsaturated/α-hetero) is 1. The minimum Gasteiger partial charge on any atom is -0.495 e. The second-order valence-corrected chi connectivity index (χ2v) is 3.91. The van der Waals surface area contributed by atoms with Crippen LogP contribution in [0.15, 0.2) is 11.8 Å². The van der Waals surface area contributed by atoms with Gasteiger partial charge in [0.25, 0.3) is 0 Å². The van der Waals surface area contributed by atoms with Gasteiger partial charge in [-0.2, -0.15) is 0 Å². The fraction of sp³-hybridized carbons (Fsp3) is 0.700. The smallest absolute Gasteiger partial charge is 0.133 e. The number of allylic oxidation sites excluding steroid dienone is 1. The Kier molecular flexibility index (Phi) is 2.55. The molecule has 1 rings (SSSR count). The van der Waals surface area contributed by atoms with Crippen molar-refractivity contribution in [3.8, 4) is 0 Å². The molecular weight excluding hydrogens is 152 g/mol. The molecule has 0 bridgehead atoms. The first-order chi connectivity index (χ1) is 5.52. The Morgan fingerprint density at radius 3 is 2.83 bits per heavy atom. The third-order valence-electron chi connectivity index (χ3n) is 2.22. The van der Waals surface area contributed by atoms with Crippen LogP contribution in [0.25, 0.3) is 0 Å². The summed E-state index contributed by atoms with van der Waals surface area (Å²) in [5.74, 6) is 0.199. The number of carbonyl (C=O) groups is 1. The highest BCUT2D eigenvalue weighted by atomic mass is 16.5. The topological polar surface area (TPSA) is 26.3 Å². The van der Waals surface area contributed by atoms with Crippen molar-refractivity contribution in [2.75, 3.05) is 0 Å². The molecule has 0 saturated heterocycles. The Bertz CT molecular complexity index is 218. The summed E-state index contributed by atoms with van der Waals surface area (Å²) in [6.45, 7) is 5.66. The Balaban J connectivity index is 2.57. The minimum atomic E-state index is -0.245. The average molecular weight is 168 g/mol. The lowest BCUT2D eigenvalue weighted by Crippen LogP contribution is -2.31. The van der Waals surface area contributed by atoms with Crippen LogP contribution in [0.4, 0.5) is 0 Å². The molecule has 0 N–H and O–H groups in total. The molecule has 0 fully saturated rings. The summed E-state index contributed by atoms with van der Waals surface area (Å²) in [5.41, 5.74) is 1.02. The van der Waals surface area contributed by atoms with E-state index in [1.807, 2.05) is 13.8 Å². The SMILES string of the molecule is CC(=O)CC1(C)CCC(C)=CO1. The van der Waals surface area contributed by atoms with Crippen molar-refractivity contribution in [2.24, 2.45) is 0 Å². The minimum absolute atomic E-state index is 0.199. The van der Waals surface area contributed by atoms with Gasteiger partial charge in [0.2, 0.25) is 0 Å². The predicted octanol–water partition coefficient (Wildman–Crippen LogP) is 2.44. The van der Waals surface area contributed by atoms with E-state index >= 15 is 0 Å². The molecule has 0 saturated carbocycles. The third kappa shape index (κ3) is 2.36. The van der Waals surface area contributed by atoms with Gasteiger partial charge in [0.1, 0.15) is 11.4 Å². The van der Waals surface area contributed by atoms with Gasteiger partial charge in [0, 0.05) is 6.42 Å². The summed E-state index contributed by atoms with van der Waals surface area (Å²) in [7, 11) is 0. The zero-order chi connectivity index (χ0) is 9.19. The molecule has 0 radical (unpaired) electrons. The fourth-order valence-electron chi connectivity index (χ4n) is 1.48. The van der Waals surface area contributed by atoms with Gasteiger partial charge in [-0.05, 0) is 39.2 Å². The third-order valence-corrected chi connectivity index (χ3v) is 2.22. The molecule has 0 amide bonds. The van der Waals surface area contributed by atoms with E-state index in [4.69, 9.17) is 4.74 Å². The van der Waals surface area contributed by atoms with Crippen LogP contribution >= 0.6 is 0 Å². The summed E-state index contributed by atoms with van der Waals surface area (Å²) in [6.07, 6.45) is 4.31. The number of rotatable bonds is 2. The van der Waals surface area contributed by atoms with Gasteiger partial charge in [0.05, 0.1) is 6.26 Å². The van der Waals surface area contributed by atoms with Crippen LogP contribution in [0.2, 0.25) is 0 Å². The van der Waals surface area contributed by atoms with E-state index in [1.54, 1.807) is 13.2 Å². The fourth-order valence-corrected chi connectivity index (χ4v) is 1.48. The summed E-state index contributed by atoms with van der Waals surface area (Å²) in [5, 5.41) is 0. The molecule has 1 heterocycles. The molecule has 12 heavy (non-hydrogen) atoms. The summed E-state index contributed by atoms with van der Waals surface area (Å²) < 4.78 is 5.51. The maximum atomic E-state index is 10.9. The van der Waals surface area contributed by atoms with Gasteiger partial charge in [-0.15, -0.1) is 0 Å². The lowest BCUT2D eigenvalue weighted by molar-refractivity contribution is -0.122. The zero-order valence-corrected chi connectivity index (χ0v) is 8.02. The van der Waals surface area contributed by atoms with Crippen molar-refractivity contribution >= 4 is 5.78 Å². The predicted molar refractivity (Wildman–Crippen MR) is 47.8 cm³/mol. The van der Waals surface area contributed by atoms with Gasteiger partial charge >= 0.3 is 0 Å². The van der Waals surface area contributed by atoms with Crippen LogP contribution in [0.5, 0.6) is 0 Å². The molecular formula is C10H16O2. The second-order valence-electron chi connectivity index (χ2n) is 3.91. The number of ether oxygens (including phenoxy) is 1. The van der Waals surface area contributed by atoms with E-state index in [9.17, 15) is 4.79 Å². The van der Waals surface area contributed by atoms with Gasteiger partial charge in [-0.1, -0.05) is 0 Å². The Morgan fingerprint density at radius 1 is 1.75 bits per heavy atom. The summed E-state index contributed by atoms with van der Waals surface area (Å²) in [6, 6.07) is 0. The maximum Gasteiger partial charge on any atom is 0.133 e. The van der Waals surface area contributed by atoms with Gasteiger partial charge in [-0.25, -0.2) is 0 Å². The largest absolute Gasteiger partial charge is 0.495 e. The molecule has 1 atom stereocenters. The highest BCUT2D eigenvalue weighted by Gasteiger charge is 2.29. The number of hydrogen-bond acceptors (Lipinski definition) is 2. The molecule has 0 aromatic heterocycles. The molecule has 68 valence electrons.